The highest BCUT2D eigenvalue weighted by atomic mass is 79.9. The van der Waals surface area contributed by atoms with Gasteiger partial charge in [-0.1, -0.05) is 33.6 Å². The molecule has 17 heavy (non-hydrogen) atoms. The highest BCUT2D eigenvalue weighted by molar-refractivity contribution is 9.10. The van der Waals surface area contributed by atoms with Crippen molar-refractivity contribution >= 4 is 27.5 Å². The fourth-order valence-corrected chi connectivity index (χ4v) is 3.00. The van der Waals surface area contributed by atoms with Gasteiger partial charge >= 0.3 is 0 Å². The molecule has 94 valence electrons. The molecule has 0 aliphatic carbocycles. The van der Waals surface area contributed by atoms with E-state index in [0.717, 1.165) is 29.1 Å². The molecule has 0 unspecified atom stereocenters. The summed E-state index contributed by atoms with van der Waals surface area (Å²) in [5.41, 5.74) is 1.22. The monoisotopic (exact) mass is 316 g/mol. The summed E-state index contributed by atoms with van der Waals surface area (Å²) >= 11 is 9.67. The van der Waals surface area contributed by atoms with Gasteiger partial charge in [-0.05, 0) is 50.7 Å². The van der Waals surface area contributed by atoms with Crippen molar-refractivity contribution in [3.8, 4) is 0 Å². The zero-order valence-electron chi connectivity index (χ0n) is 10.0. The Bertz CT molecular complexity index is 376. The Morgan fingerprint density at radius 1 is 1.41 bits per heavy atom. The summed E-state index contributed by atoms with van der Waals surface area (Å²) < 4.78 is 1.04. The Kier molecular flexibility index (Phi) is 4.86. The Hall–Kier alpha value is -0.0900. The van der Waals surface area contributed by atoms with Crippen molar-refractivity contribution in [3.05, 3.63) is 33.3 Å². The van der Waals surface area contributed by atoms with E-state index in [1.807, 2.05) is 13.1 Å². The molecule has 1 fully saturated rings. The summed E-state index contributed by atoms with van der Waals surface area (Å²) in [5, 5.41) is 4.20. The molecule has 1 aliphatic rings. The fraction of sp³-hybridized carbons (Fsp3) is 0.538. The summed E-state index contributed by atoms with van der Waals surface area (Å²) in [4.78, 5) is 2.48. The standard InChI is InChI=1S/C13H18BrClN2/c1-16-12-4-6-17(7-5-12)9-10-2-3-11(14)8-13(10)15/h2-3,8,12,16H,4-7,9H2,1H3. The third kappa shape index (κ3) is 3.68. The summed E-state index contributed by atoms with van der Waals surface area (Å²) in [5.74, 6) is 0. The fourth-order valence-electron chi connectivity index (χ4n) is 2.27. The van der Waals surface area contributed by atoms with Crippen LogP contribution in [0.15, 0.2) is 22.7 Å². The largest absolute Gasteiger partial charge is 0.317 e. The molecule has 4 heteroatoms. The molecular weight excluding hydrogens is 300 g/mol. The Balaban J connectivity index is 1.93. The third-order valence-electron chi connectivity index (χ3n) is 3.40. The zero-order chi connectivity index (χ0) is 12.3. The molecule has 0 saturated carbocycles. The molecule has 1 saturated heterocycles. The molecule has 2 rings (SSSR count). The highest BCUT2D eigenvalue weighted by Gasteiger charge is 2.18. The molecule has 0 atom stereocenters. The molecule has 1 heterocycles. The van der Waals surface area contributed by atoms with Gasteiger partial charge in [0.2, 0.25) is 0 Å². The van der Waals surface area contributed by atoms with Crippen molar-refractivity contribution in [2.75, 3.05) is 20.1 Å². The first-order valence-corrected chi connectivity index (χ1v) is 7.19. The number of hydrogen-bond acceptors (Lipinski definition) is 2. The lowest BCUT2D eigenvalue weighted by Gasteiger charge is -2.31. The molecule has 0 spiro atoms. The number of hydrogen-bond donors (Lipinski definition) is 1. The van der Waals surface area contributed by atoms with E-state index >= 15 is 0 Å². The minimum absolute atomic E-state index is 0.687. The summed E-state index contributed by atoms with van der Waals surface area (Å²) in [7, 11) is 2.05. The molecule has 1 aliphatic heterocycles. The van der Waals surface area contributed by atoms with Gasteiger partial charge < -0.3 is 5.32 Å². The van der Waals surface area contributed by atoms with Crippen LogP contribution < -0.4 is 5.32 Å². The normalized spacial score (nSPS) is 18.5. The zero-order valence-corrected chi connectivity index (χ0v) is 12.4. The molecule has 1 aromatic carbocycles. The van der Waals surface area contributed by atoms with E-state index < -0.39 is 0 Å². The predicted octanol–water partition coefficient (Wildman–Crippen LogP) is 3.29. The molecule has 1 aromatic rings. The number of likely N-dealkylation sites (tertiary alicyclic amines) is 1. The molecular formula is C13H18BrClN2. The lowest BCUT2D eigenvalue weighted by atomic mass is 10.0. The maximum Gasteiger partial charge on any atom is 0.0462 e. The van der Waals surface area contributed by atoms with Gasteiger partial charge in [0.05, 0.1) is 0 Å². The van der Waals surface area contributed by atoms with Crippen molar-refractivity contribution in [1.29, 1.82) is 0 Å². The first-order chi connectivity index (χ1) is 8.19. The maximum absolute atomic E-state index is 6.24. The van der Waals surface area contributed by atoms with Gasteiger partial charge in [0.1, 0.15) is 0 Å². The molecule has 0 bridgehead atoms. The van der Waals surface area contributed by atoms with Crippen LogP contribution >= 0.6 is 27.5 Å². The lowest BCUT2D eigenvalue weighted by molar-refractivity contribution is 0.194. The second kappa shape index (κ2) is 6.19. The van der Waals surface area contributed by atoms with Crippen LogP contribution in [0, 0.1) is 0 Å². The van der Waals surface area contributed by atoms with Crippen LogP contribution in [0.1, 0.15) is 18.4 Å². The van der Waals surface area contributed by atoms with E-state index in [2.05, 4.69) is 38.3 Å². The van der Waals surface area contributed by atoms with Crippen molar-refractivity contribution in [2.45, 2.75) is 25.4 Å². The lowest BCUT2D eigenvalue weighted by Crippen LogP contribution is -2.40. The number of piperidine rings is 1. The van der Waals surface area contributed by atoms with E-state index in [-0.39, 0.29) is 0 Å². The van der Waals surface area contributed by atoms with E-state index in [9.17, 15) is 0 Å². The van der Waals surface area contributed by atoms with Crippen LogP contribution in [0.2, 0.25) is 5.02 Å². The molecule has 0 radical (unpaired) electrons. The van der Waals surface area contributed by atoms with Crippen LogP contribution in [0.4, 0.5) is 0 Å². The minimum Gasteiger partial charge on any atom is -0.317 e. The van der Waals surface area contributed by atoms with E-state index in [4.69, 9.17) is 11.6 Å². The van der Waals surface area contributed by atoms with E-state index in [1.165, 1.54) is 18.4 Å². The summed E-state index contributed by atoms with van der Waals surface area (Å²) in [6.45, 7) is 3.26. The van der Waals surface area contributed by atoms with Crippen LogP contribution in [-0.2, 0) is 6.54 Å². The van der Waals surface area contributed by atoms with Crippen molar-refractivity contribution in [1.82, 2.24) is 10.2 Å². The van der Waals surface area contributed by atoms with Gasteiger partial charge in [0.15, 0.2) is 0 Å². The number of nitrogens with one attached hydrogen (secondary N) is 1. The predicted molar refractivity (Wildman–Crippen MR) is 76.5 cm³/mol. The first kappa shape index (κ1) is 13.3. The first-order valence-electron chi connectivity index (χ1n) is 6.02. The number of benzene rings is 1. The summed E-state index contributed by atoms with van der Waals surface area (Å²) in [6.07, 6.45) is 2.45. The Morgan fingerprint density at radius 3 is 2.71 bits per heavy atom. The smallest absolute Gasteiger partial charge is 0.0462 e. The summed E-state index contributed by atoms with van der Waals surface area (Å²) in [6, 6.07) is 6.82. The SMILES string of the molecule is CNC1CCN(Cc2ccc(Br)cc2Cl)CC1. The van der Waals surface area contributed by atoms with Crippen LogP contribution in [0.3, 0.4) is 0 Å². The van der Waals surface area contributed by atoms with Gasteiger partial charge in [0.25, 0.3) is 0 Å². The average Bonchev–Trinajstić information content (AvgIpc) is 2.34. The van der Waals surface area contributed by atoms with Crippen molar-refractivity contribution < 1.29 is 0 Å². The Labute approximate surface area is 116 Å². The van der Waals surface area contributed by atoms with Crippen molar-refractivity contribution in [3.63, 3.8) is 0 Å². The van der Waals surface area contributed by atoms with Gasteiger partial charge in [-0.3, -0.25) is 4.90 Å². The second-order valence-electron chi connectivity index (χ2n) is 4.57. The third-order valence-corrected chi connectivity index (χ3v) is 4.25. The van der Waals surface area contributed by atoms with Gasteiger partial charge in [-0.15, -0.1) is 0 Å². The van der Waals surface area contributed by atoms with E-state index in [1.54, 1.807) is 0 Å². The van der Waals surface area contributed by atoms with Gasteiger partial charge in [-0.2, -0.15) is 0 Å². The van der Waals surface area contributed by atoms with Gasteiger partial charge in [0, 0.05) is 22.1 Å². The quantitative estimate of drug-likeness (QED) is 0.920. The van der Waals surface area contributed by atoms with Gasteiger partial charge in [-0.25, -0.2) is 0 Å². The molecule has 1 N–H and O–H groups in total. The van der Waals surface area contributed by atoms with Crippen molar-refractivity contribution in [2.24, 2.45) is 0 Å². The number of halogens is 2. The molecule has 2 nitrogen and oxygen atoms in total. The van der Waals surface area contributed by atoms with Crippen LogP contribution in [0.5, 0.6) is 0 Å². The number of nitrogens with zero attached hydrogens (tertiary/aromatic N) is 1. The molecule has 0 aromatic heterocycles. The highest BCUT2D eigenvalue weighted by Crippen LogP contribution is 2.23. The van der Waals surface area contributed by atoms with E-state index in [0.29, 0.717) is 6.04 Å². The number of rotatable bonds is 3. The van der Waals surface area contributed by atoms with Crippen LogP contribution in [-0.4, -0.2) is 31.1 Å². The molecule has 0 amide bonds. The second-order valence-corrected chi connectivity index (χ2v) is 5.90. The maximum atomic E-state index is 6.24. The Morgan fingerprint density at radius 2 is 2.12 bits per heavy atom. The topological polar surface area (TPSA) is 15.3 Å². The average molecular weight is 318 g/mol. The van der Waals surface area contributed by atoms with Crippen LogP contribution in [0.25, 0.3) is 0 Å². The minimum atomic E-state index is 0.687.